The molecule has 2 aliphatic heterocycles. The monoisotopic (exact) mass is 490 g/mol. The number of morpholine rings is 1. The number of carbonyl (C=O) groups is 2. The third kappa shape index (κ3) is 4.73. The second kappa shape index (κ2) is 10.1. The summed E-state index contributed by atoms with van der Waals surface area (Å²) in [6.45, 7) is 3.64. The molecular formula is C24H24Cl2N2O5. The number of benzene rings is 2. The van der Waals surface area contributed by atoms with Crippen LogP contribution in [0.4, 0.5) is 0 Å². The molecule has 1 amide bonds. The lowest BCUT2D eigenvalue weighted by Gasteiger charge is -2.31. The van der Waals surface area contributed by atoms with Crippen LogP contribution >= 0.6 is 23.2 Å². The van der Waals surface area contributed by atoms with Gasteiger partial charge in [-0.25, -0.2) is 0 Å². The average molecular weight is 491 g/mol. The number of rotatable bonds is 6. The van der Waals surface area contributed by atoms with E-state index in [-0.39, 0.29) is 11.3 Å². The van der Waals surface area contributed by atoms with E-state index < -0.39 is 17.7 Å². The molecule has 0 spiro atoms. The summed E-state index contributed by atoms with van der Waals surface area (Å²) >= 11 is 12.4. The number of Topliss-reactive ketones (excluding diaryl/α,β-unsaturated/α-hetero) is 1. The highest BCUT2D eigenvalue weighted by Gasteiger charge is 2.46. The lowest BCUT2D eigenvalue weighted by Crippen LogP contribution is -2.42. The van der Waals surface area contributed by atoms with Gasteiger partial charge >= 0.3 is 0 Å². The van der Waals surface area contributed by atoms with Crippen LogP contribution in [0, 0.1) is 0 Å². The molecule has 7 nitrogen and oxygen atoms in total. The van der Waals surface area contributed by atoms with Gasteiger partial charge in [-0.15, -0.1) is 0 Å². The largest absolute Gasteiger partial charge is 0.507 e. The predicted octanol–water partition coefficient (Wildman–Crippen LogP) is 3.76. The van der Waals surface area contributed by atoms with Gasteiger partial charge < -0.3 is 19.5 Å². The minimum Gasteiger partial charge on any atom is -0.507 e. The molecule has 2 fully saturated rings. The zero-order chi connectivity index (χ0) is 23.5. The second-order valence-electron chi connectivity index (χ2n) is 7.82. The quantitative estimate of drug-likeness (QED) is 0.377. The predicted molar refractivity (Wildman–Crippen MR) is 126 cm³/mol. The van der Waals surface area contributed by atoms with E-state index in [4.69, 9.17) is 32.7 Å². The number of ketones is 1. The van der Waals surface area contributed by atoms with Crippen molar-refractivity contribution in [3.8, 4) is 5.75 Å². The van der Waals surface area contributed by atoms with E-state index in [1.807, 2.05) is 0 Å². The zero-order valence-corrected chi connectivity index (χ0v) is 19.6. The molecule has 0 bridgehead atoms. The van der Waals surface area contributed by atoms with Crippen LogP contribution in [0.25, 0.3) is 5.76 Å². The first-order chi connectivity index (χ1) is 15.9. The molecule has 9 heteroatoms. The molecule has 4 rings (SSSR count). The Morgan fingerprint density at radius 1 is 1.09 bits per heavy atom. The Hall–Kier alpha value is -2.58. The highest BCUT2D eigenvalue weighted by Crippen LogP contribution is 2.42. The summed E-state index contributed by atoms with van der Waals surface area (Å²) in [5.41, 5.74) is 0.906. The molecule has 33 heavy (non-hydrogen) atoms. The van der Waals surface area contributed by atoms with Crippen molar-refractivity contribution in [1.29, 1.82) is 0 Å². The number of methoxy groups -OCH3 is 1. The number of ether oxygens (including phenoxy) is 2. The zero-order valence-electron chi connectivity index (χ0n) is 18.1. The van der Waals surface area contributed by atoms with Crippen molar-refractivity contribution < 1.29 is 24.2 Å². The van der Waals surface area contributed by atoms with Gasteiger partial charge in [0.1, 0.15) is 11.5 Å². The van der Waals surface area contributed by atoms with Crippen molar-refractivity contribution in [3.05, 3.63) is 69.2 Å². The topological polar surface area (TPSA) is 79.3 Å². The summed E-state index contributed by atoms with van der Waals surface area (Å²) in [4.78, 5) is 29.9. The number of aliphatic hydroxyl groups is 1. The van der Waals surface area contributed by atoms with Gasteiger partial charge in [0.05, 0.1) is 47.5 Å². The Morgan fingerprint density at radius 2 is 1.82 bits per heavy atom. The Bertz CT molecular complexity index is 1100. The molecule has 2 aliphatic rings. The van der Waals surface area contributed by atoms with E-state index in [0.29, 0.717) is 53.2 Å². The molecule has 1 atom stereocenters. The summed E-state index contributed by atoms with van der Waals surface area (Å²) in [7, 11) is 1.48. The van der Waals surface area contributed by atoms with Crippen molar-refractivity contribution in [2.75, 3.05) is 46.5 Å². The van der Waals surface area contributed by atoms with Crippen molar-refractivity contribution in [2.45, 2.75) is 6.04 Å². The fourth-order valence-electron chi connectivity index (χ4n) is 4.20. The molecular weight excluding hydrogens is 467 g/mol. The molecule has 2 aromatic carbocycles. The van der Waals surface area contributed by atoms with E-state index >= 15 is 0 Å². The van der Waals surface area contributed by atoms with Crippen LogP contribution in [0.5, 0.6) is 5.75 Å². The minimum absolute atomic E-state index is 0.00938. The summed E-state index contributed by atoms with van der Waals surface area (Å²) in [5.74, 6) is -1.33. The molecule has 0 radical (unpaired) electrons. The SMILES string of the molecule is COc1ccccc1/C(O)=C1\C(=O)C(=O)N(CCN2CCOCC2)C1c1ccc(Cl)c(Cl)c1. The van der Waals surface area contributed by atoms with Gasteiger partial charge in [0.2, 0.25) is 0 Å². The number of halogens is 2. The van der Waals surface area contributed by atoms with E-state index in [1.54, 1.807) is 42.5 Å². The normalized spacial score (nSPS) is 20.9. The van der Waals surface area contributed by atoms with E-state index in [2.05, 4.69) is 4.90 Å². The Kier molecular flexibility index (Phi) is 7.24. The van der Waals surface area contributed by atoms with Crippen LogP contribution in [0.3, 0.4) is 0 Å². The molecule has 1 N–H and O–H groups in total. The number of carbonyl (C=O) groups excluding carboxylic acids is 2. The third-order valence-electron chi connectivity index (χ3n) is 5.92. The summed E-state index contributed by atoms with van der Waals surface area (Å²) in [6.07, 6.45) is 0. The maximum Gasteiger partial charge on any atom is 0.295 e. The number of amides is 1. The number of aliphatic hydroxyl groups excluding tert-OH is 1. The van der Waals surface area contributed by atoms with Gasteiger partial charge in [0.15, 0.2) is 0 Å². The first-order valence-corrected chi connectivity index (χ1v) is 11.3. The van der Waals surface area contributed by atoms with Gasteiger partial charge in [0.25, 0.3) is 11.7 Å². The fourth-order valence-corrected chi connectivity index (χ4v) is 4.51. The van der Waals surface area contributed by atoms with Crippen molar-refractivity contribution in [3.63, 3.8) is 0 Å². The van der Waals surface area contributed by atoms with Crippen molar-refractivity contribution >= 4 is 40.7 Å². The number of hydrogen-bond acceptors (Lipinski definition) is 6. The smallest absolute Gasteiger partial charge is 0.295 e. The molecule has 2 aromatic rings. The van der Waals surface area contributed by atoms with Gasteiger partial charge in [0, 0.05) is 26.2 Å². The molecule has 1 unspecified atom stereocenters. The molecule has 0 aromatic heterocycles. The first-order valence-electron chi connectivity index (χ1n) is 10.6. The average Bonchev–Trinajstić information content (AvgIpc) is 3.09. The van der Waals surface area contributed by atoms with Crippen LogP contribution < -0.4 is 4.74 Å². The molecule has 0 saturated carbocycles. The Morgan fingerprint density at radius 3 is 2.52 bits per heavy atom. The highest BCUT2D eigenvalue weighted by molar-refractivity contribution is 6.47. The lowest BCUT2D eigenvalue weighted by molar-refractivity contribution is -0.140. The summed E-state index contributed by atoms with van der Waals surface area (Å²) < 4.78 is 10.7. The van der Waals surface area contributed by atoms with Gasteiger partial charge in [-0.3, -0.25) is 14.5 Å². The number of nitrogens with zero attached hydrogens (tertiary/aromatic N) is 2. The highest BCUT2D eigenvalue weighted by atomic mass is 35.5. The minimum atomic E-state index is -0.814. The van der Waals surface area contributed by atoms with Crippen LogP contribution in [0.15, 0.2) is 48.0 Å². The Balaban J connectivity index is 1.79. The molecule has 0 aliphatic carbocycles. The van der Waals surface area contributed by atoms with E-state index in [0.717, 1.165) is 13.1 Å². The van der Waals surface area contributed by atoms with E-state index in [9.17, 15) is 14.7 Å². The summed E-state index contributed by atoms with van der Waals surface area (Å²) in [5, 5.41) is 11.9. The van der Waals surface area contributed by atoms with Gasteiger partial charge in [-0.05, 0) is 29.8 Å². The lowest BCUT2D eigenvalue weighted by atomic mass is 9.95. The maximum absolute atomic E-state index is 13.2. The second-order valence-corrected chi connectivity index (χ2v) is 8.63. The third-order valence-corrected chi connectivity index (χ3v) is 6.66. The number of hydrogen-bond donors (Lipinski definition) is 1. The van der Waals surface area contributed by atoms with Crippen LogP contribution in [-0.4, -0.2) is 73.1 Å². The van der Waals surface area contributed by atoms with Crippen LogP contribution in [0.2, 0.25) is 10.0 Å². The number of para-hydroxylation sites is 1. The fraction of sp³-hybridized carbons (Fsp3) is 0.333. The molecule has 2 heterocycles. The van der Waals surface area contributed by atoms with Crippen molar-refractivity contribution in [2.24, 2.45) is 0 Å². The first kappa shape index (κ1) is 23.6. The maximum atomic E-state index is 13.2. The molecule has 2 saturated heterocycles. The number of likely N-dealkylation sites (tertiary alicyclic amines) is 1. The van der Waals surface area contributed by atoms with Crippen LogP contribution in [0.1, 0.15) is 17.2 Å². The van der Waals surface area contributed by atoms with E-state index in [1.165, 1.54) is 12.0 Å². The molecule has 174 valence electrons. The van der Waals surface area contributed by atoms with Gasteiger partial charge in [-0.1, -0.05) is 41.4 Å². The van der Waals surface area contributed by atoms with Gasteiger partial charge in [-0.2, -0.15) is 0 Å². The van der Waals surface area contributed by atoms with Crippen molar-refractivity contribution in [1.82, 2.24) is 9.80 Å². The van der Waals surface area contributed by atoms with Crippen LogP contribution in [-0.2, 0) is 14.3 Å². The summed E-state index contributed by atoms with van der Waals surface area (Å²) in [6, 6.07) is 10.9. The standard InChI is InChI=1S/C24H24Cl2N2O5/c1-32-19-5-3-2-4-16(19)22(29)20-21(15-6-7-17(25)18(26)14-15)28(24(31)23(20)30)9-8-27-10-12-33-13-11-27/h2-7,14,21,29H,8-13H2,1H3/b22-20+. The Labute approximate surface area is 202 Å².